The third-order valence-corrected chi connectivity index (χ3v) is 3.98. The first-order chi connectivity index (χ1) is 10.9. The summed E-state index contributed by atoms with van der Waals surface area (Å²) in [5, 5.41) is 11.6. The van der Waals surface area contributed by atoms with Crippen molar-refractivity contribution in [3.8, 4) is 11.3 Å². The first kappa shape index (κ1) is 15.5. The largest absolute Gasteiger partial charge is 0.454 e. The quantitative estimate of drug-likeness (QED) is 0.482. The van der Waals surface area contributed by atoms with E-state index in [-0.39, 0.29) is 21.7 Å². The third-order valence-electron chi connectivity index (χ3n) is 3.48. The molecule has 0 saturated heterocycles. The fourth-order valence-corrected chi connectivity index (χ4v) is 2.86. The second-order valence-electron chi connectivity index (χ2n) is 4.95. The predicted octanol–water partition coefficient (Wildman–Crippen LogP) is 4.98. The lowest BCUT2D eigenvalue weighted by atomic mass is 10.1. The molecule has 0 bridgehead atoms. The van der Waals surface area contributed by atoms with Crippen LogP contribution in [0.2, 0.25) is 10.0 Å². The molecule has 23 heavy (non-hydrogen) atoms. The Labute approximate surface area is 140 Å². The van der Waals surface area contributed by atoms with Gasteiger partial charge in [-0.2, -0.15) is 0 Å². The minimum atomic E-state index is -0.494. The van der Waals surface area contributed by atoms with Crippen molar-refractivity contribution in [1.29, 1.82) is 0 Å². The number of nitro benzene ring substituents is 1. The van der Waals surface area contributed by atoms with E-state index in [1.807, 2.05) is 0 Å². The zero-order valence-corrected chi connectivity index (χ0v) is 13.3. The summed E-state index contributed by atoms with van der Waals surface area (Å²) in [7, 11) is 0. The van der Waals surface area contributed by atoms with Crippen LogP contribution < -0.4 is 5.43 Å². The van der Waals surface area contributed by atoms with Crippen LogP contribution in [0.4, 0.5) is 5.69 Å². The van der Waals surface area contributed by atoms with E-state index in [1.54, 1.807) is 6.92 Å². The Hall–Kier alpha value is -2.37. The van der Waals surface area contributed by atoms with E-state index in [0.717, 1.165) is 0 Å². The Bertz CT molecular complexity index is 994. The van der Waals surface area contributed by atoms with Crippen LogP contribution in [0.5, 0.6) is 0 Å². The SMILES string of the molecule is Cc1c(-c2ccc([N+](=O)[O-])cc2)oc2c(Cl)cc(Cl)cc2c1=O. The molecule has 0 radical (unpaired) electrons. The second kappa shape index (κ2) is 5.68. The van der Waals surface area contributed by atoms with Crippen molar-refractivity contribution in [2.45, 2.75) is 6.92 Å². The lowest BCUT2D eigenvalue weighted by Crippen LogP contribution is -2.07. The highest BCUT2D eigenvalue weighted by atomic mass is 35.5. The maximum Gasteiger partial charge on any atom is 0.269 e. The van der Waals surface area contributed by atoms with Crippen molar-refractivity contribution in [1.82, 2.24) is 0 Å². The van der Waals surface area contributed by atoms with E-state index in [1.165, 1.54) is 36.4 Å². The molecule has 2 aromatic carbocycles. The lowest BCUT2D eigenvalue weighted by Gasteiger charge is -2.08. The molecular formula is C16H9Cl2NO4. The number of halogens is 2. The van der Waals surface area contributed by atoms with Crippen molar-refractivity contribution >= 4 is 39.9 Å². The molecular weight excluding hydrogens is 341 g/mol. The van der Waals surface area contributed by atoms with Crippen molar-refractivity contribution in [3.63, 3.8) is 0 Å². The van der Waals surface area contributed by atoms with Gasteiger partial charge in [-0.05, 0) is 31.2 Å². The van der Waals surface area contributed by atoms with Crippen molar-refractivity contribution in [2.75, 3.05) is 0 Å². The molecule has 0 aliphatic rings. The summed E-state index contributed by atoms with van der Waals surface area (Å²) in [5.74, 6) is 0.321. The summed E-state index contributed by atoms with van der Waals surface area (Å²) in [6.45, 7) is 1.62. The highest BCUT2D eigenvalue weighted by Gasteiger charge is 2.16. The Kier molecular flexibility index (Phi) is 3.83. The van der Waals surface area contributed by atoms with Gasteiger partial charge in [0.2, 0.25) is 0 Å². The van der Waals surface area contributed by atoms with E-state index < -0.39 is 4.92 Å². The zero-order chi connectivity index (χ0) is 16.7. The van der Waals surface area contributed by atoms with E-state index in [4.69, 9.17) is 27.6 Å². The highest BCUT2D eigenvalue weighted by Crippen LogP contribution is 2.32. The number of non-ortho nitro benzene ring substituents is 1. The average Bonchev–Trinajstić information content (AvgIpc) is 2.51. The van der Waals surface area contributed by atoms with Gasteiger partial charge in [-0.1, -0.05) is 23.2 Å². The molecule has 116 valence electrons. The molecule has 3 rings (SSSR count). The van der Waals surface area contributed by atoms with Crippen LogP contribution in [0.1, 0.15) is 5.56 Å². The summed E-state index contributed by atoms with van der Waals surface area (Å²) in [4.78, 5) is 22.7. The number of benzene rings is 2. The van der Waals surface area contributed by atoms with Crippen molar-refractivity contribution in [3.05, 3.63) is 72.3 Å². The molecule has 0 amide bonds. The van der Waals surface area contributed by atoms with Gasteiger partial charge in [0.15, 0.2) is 11.0 Å². The maximum atomic E-state index is 12.5. The Balaban J connectivity index is 2.28. The van der Waals surface area contributed by atoms with Gasteiger partial charge in [0.25, 0.3) is 5.69 Å². The molecule has 0 aliphatic carbocycles. The minimum Gasteiger partial charge on any atom is -0.454 e. The molecule has 0 aliphatic heterocycles. The summed E-state index contributed by atoms with van der Waals surface area (Å²) in [6, 6.07) is 8.74. The fraction of sp³-hybridized carbons (Fsp3) is 0.0625. The first-order valence-electron chi connectivity index (χ1n) is 6.56. The molecule has 1 aromatic heterocycles. The van der Waals surface area contributed by atoms with Crippen LogP contribution >= 0.6 is 23.2 Å². The van der Waals surface area contributed by atoms with E-state index in [2.05, 4.69) is 0 Å². The second-order valence-corrected chi connectivity index (χ2v) is 5.80. The smallest absolute Gasteiger partial charge is 0.269 e. The molecule has 0 saturated carbocycles. The predicted molar refractivity (Wildman–Crippen MR) is 89.3 cm³/mol. The standard InChI is InChI=1S/C16H9Cl2NO4/c1-8-14(20)12-6-10(17)7-13(18)16(12)23-15(8)9-2-4-11(5-3-9)19(21)22/h2-7H,1H3. The first-order valence-corrected chi connectivity index (χ1v) is 7.31. The van der Waals surface area contributed by atoms with Gasteiger partial charge < -0.3 is 4.42 Å². The van der Waals surface area contributed by atoms with E-state index in [9.17, 15) is 14.9 Å². The average molecular weight is 350 g/mol. The van der Waals surface area contributed by atoms with Crippen LogP contribution in [0.3, 0.4) is 0 Å². The van der Waals surface area contributed by atoms with Gasteiger partial charge in [0, 0.05) is 28.3 Å². The number of hydrogen-bond donors (Lipinski definition) is 0. The molecule has 7 heteroatoms. The van der Waals surface area contributed by atoms with Gasteiger partial charge in [-0.15, -0.1) is 0 Å². The van der Waals surface area contributed by atoms with Gasteiger partial charge in [0.05, 0.1) is 15.3 Å². The molecule has 0 fully saturated rings. The summed E-state index contributed by atoms with van der Waals surface area (Å²) in [5.41, 5.74) is 0.881. The van der Waals surface area contributed by atoms with E-state index >= 15 is 0 Å². The van der Waals surface area contributed by atoms with Crippen molar-refractivity contribution < 1.29 is 9.34 Å². The monoisotopic (exact) mass is 349 g/mol. The van der Waals surface area contributed by atoms with Crippen LogP contribution in [-0.4, -0.2) is 4.92 Å². The Morgan fingerprint density at radius 3 is 2.39 bits per heavy atom. The molecule has 1 heterocycles. The van der Waals surface area contributed by atoms with Crippen LogP contribution in [0.15, 0.2) is 45.6 Å². The van der Waals surface area contributed by atoms with E-state index in [0.29, 0.717) is 27.3 Å². The molecule has 0 N–H and O–H groups in total. The zero-order valence-electron chi connectivity index (χ0n) is 11.8. The topological polar surface area (TPSA) is 73.3 Å². The fourth-order valence-electron chi connectivity index (χ4n) is 2.33. The molecule has 0 unspecified atom stereocenters. The summed E-state index contributed by atoms with van der Waals surface area (Å²) in [6.07, 6.45) is 0. The Morgan fingerprint density at radius 1 is 1.13 bits per heavy atom. The minimum absolute atomic E-state index is 0.0423. The number of hydrogen-bond acceptors (Lipinski definition) is 4. The van der Waals surface area contributed by atoms with Crippen LogP contribution in [0.25, 0.3) is 22.3 Å². The molecule has 5 nitrogen and oxygen atoms in total. The lowest BCUT2D eigenvalue weighted by molar-refractivity contribution is -0.384. The van der Waals surface area contributed by atoms with Gasteiger partial charge in [0.1, 0.15) is 5.76 Å². The number of nitro groups is 1. The van der Waals surface area contributed by atoms with Crippen LogP contribution in [0, 0.1) is 17.0 Å². The Morgan fingerprint density at radius 2 is 1.78 bits per heavy atom. The molecule has 3 aromatic rings. The molecule has 0 atom stereocenters. The van der Waals surface area contributed by atoms with Crippen molar-refractivity contribution in [2.24, 2.45) is 0 Å². The normalized spacial score (nSPS) is 10.9. The maximum absolute atomic E-state index is 12.5. The van der Waals surface area contributed by atoms with Gasteiger partial charge >= 0.3 is 0 Å². The van der Waals surface area contributed by atoms with Gasteiger partial charge in [-0.25, -0.2) is 0 Å². The van der Waals surface area contributed by atoms with Crippen LogP contribution in [-0.2, 0) is 0 Å². The number of nitrogens with zero attached hydrogens (tertiary/aromatic N) is 1. The summed E-state index contributed by atoms with van der Waals surface area (Å²) >= 11 is 12.0. The number of fused-ring (bicyclic) bond motifs is 1. The molecule has 0 spiro atoms. The number of rotatable bonds is 2. The summed E-state index contributed by atoms with van der Waals surface area (Å²) < 4.78 is 5.79. The van der Waals surface area contributed by atoms with Gasteiger partial charge in [-0.3, -0.25) is 14.9 Å². The highest BCUT2D eigenvalue weighted by molar-refractivity contribution is 6.38. The third kappa shape index (κ3) is 2.69.